The smallest absolute Gasteiger partial charge is 0.407 e. The molecule has 0 spiro atoms. The van der Waals surface area contributed by atoms with Gasteiger partial charge in [0.1, 0.15) is 11.4 Å². The predicted molar refractivity (Wildman–Crippen MR) is 61.2 cm³/mol. The van der Waals surface area contributed by atoms with E-state index in [0.29, 0.717) is 18.6 Å². The molecule has 1 saturated carbocycles. The van der Waals surface area contributed by atoms with Gasteiger partial charge in [0.25, 0.3) is 0 Å². The molecule has 0 aromatic heterocycles. The average molecular weight is 227 g/mol. The van der Waals surface area contributed by atoms with Gasteiger partial charge >= 0.3 is 6.09 Å². The van der Waals surface area contributed by atoms with E-state index in [0.717, 1.165) is 19.3 Å². The van der Waals surface area contributed by atoms with Gasteiger partial charge in [-0.2, -0.15) is 0 Å². The summed E-state index contributed by atoms with van der Waals surface area (Å²) in [6.45, 7) is 5.51. The zero-order valence-corrected chi connectivity index (χ0v) is 10.3. The van der Waals surface area contributed by atoms with E-state index in [2.05, 4.69) is 5.32 Å². The van der Waals surface area contributed by atoms with E-state index in [-0.39, 0.29) is 12.1 Å². The molecule has 0 bridgehead atoms. The van der Waals surface area contributed by atoms with E-state index < -0.39 is 5.60 Å². The number of alkyl carbamates (subject to hydrolysis) is 1. The summed E-state index contributed by atoms with van der Waals surface area (Å²) in [5.41, 5.74) is -0.468. The molecule has 0 heterocycles. The van der Waals surface area contributed by atoms with Crippen molar-refractivity contribution < 1.29 is 14.3 Å². The largest absolute Gasteiger partial charge is 0.444 e. The Morgan fingerprint density at radius 3 is 2.62 bits per heavy atom. The maximum absolute atomic E-state index is 11.5. The molecular formula is C12H21NO3. The second kappa shape index (κ2) is 5.32. The van der Waals surface area contributed by atoms with Gasteiger partial charge in [0.2, 0.25) is 0 Å². The van der Waals surface area contributed by atoms with Crippen molar-refractivity contribution in [3.8, 4) is 0 Å². The molecule has 4 heteroatoms. The van der Waals surface area contributed by atoms with Crippen LogP contribution in [0.2, 0.25) is 0 Å². The maximum Gasteiger partial charge on any atom is 0.407 e. The van der Waals surface area contributed by atoms with Gasteiger partial charge in [-0.25, -0.2) is 4.79 Å². The summed E-state index contributed by atoms with van der Waals surface area (Å²) in [4.78, 5) is 22.7. The molecule has 1 N–H and O–H groups in total. The van der Waals surface area contributed by atoms with Crippen LogP contribution >= 0.6 is 0 Å². The van der Waals surface area contributed by atoms with E-state index in [1.807, 2.05) is 20.8 Å². The molecule has 0 aliphatic heterocycles. The minimum absolute atomic E-state index is 0.0845. The second-order valence-corrected chi connectivity index (χ2v) is 5.31. The lowest BCUT2D eigenvalue weighted by atomic mass is 10.1. The van der Waals surface area contributed by atoms with Crippen LogP contribution in [0.25, 0.3) is 0 Å². The van der Waals surface area contributed by atoms with Crippen LogP contribution in [-0.2, 0) is 9.53 Å². The molecule has 16 heavy (non-hydrogen) atoms. The van der Waals surface area contributed by atoms with Crippen molar-refractivity contribution in [2.45, 2.75) is 64.5 Å². The van der Waals surface area contributed by atoms with Crippen LogP contribution in [0.15, 0.2) is 0 Å². The van der Waals surface area contributed by atoms with Crippen LogP contribution in [0.5, 0.6) is 0 Å². The van der Waals surface area contributed by atoms with Crippen molar-refractivity contribution in [3.05, 3.63) is 0 Å². The highest BCUT2D eigenvalue weighted by Gasteiger charge is 2.21. The highest BCUT2D eigenvalue weighted by atomic mass is 16.6. The number of rotatable bonds is 1. The van der Waals surface area contributed by atoms with Gasteiger partial charge in [0.05, 0.1) is 0 Å². The van der Waals surface area contributed by atoms with Crippen LogP contribution in [0.3, 0.4) is 0 Å². The lowest BCUT2D eigenvalue weighted by Gasteiger charge is -2.22. The molecule has 0 saturated heterocycles. The molecule has 1 rings (SSSR count). The van der Waals surface area contributed by atoms with Crippen molar-refractivity contribution >= 4 is 11.9 Å². The van der Waals surface area contributed by atoms with Gasteiger partial charge in [-0.3, -0.25) is 4.79 Å². The Hall–Kier alpha value is -1.06. The number of hydrogen-bond acceptors (Lipinski definition) is 3. The van der Waals surface area contributed by atoms with Crippen LogP contribution in [0.4, 0.5) is 4.79 Å². The molecule has 1 atom stereocenters. The first-order chi connectivity index (χ1) is 7.37. The summed E-state index contributed by atoms with van der Waals surface area (Å²) >= 11 is 0. The lowest BCUT2D eigenvalue weighted by molar-refractivity contribution is -0.118. The number of ketones is 1. The van der Waals surface area contributed by atoms with Crippen LogP contribution < -0.4 is 5.32 Å². The Kier molecular flexibility index (Phi) is 4.33. The van der Waals surface area contributed by atoms with E-state index in [1.54, 1.807) is 0 Å². The maximum atomic E-state index is 11.5. The minimum Gasteiger partial charge on any atom is -0.444 e. The molecule has 1 aliphatic carbocycles. The number of amides is 1. The third kappa shape index (κ3) is 5.14. The Bertz CT molecular complexity index is 268. The van der Waals surface area contributed by atoms with E-state index in [1.165, 1.54) is 0 Å². The second-order valence-electron chi connectivity index (χ2n) is 5.31. The average Bonchev–Trinajstić information content (AvgIpc) is 2.27. The molecule has 0 aromatic rings. The first-order valence-corrected chi connectivity index (χ1v) is 5.88. The molecular weight excluding hydrogens is 206 g/mol. The van der Waals surface area contributed by atoms with E-state index in [9.17, 15) is 9.59 Å². The Morgan fingerprint density at radius 2 is 2.00 bits per heavy atom. The SMILES string of the molecule is CC(C)(C)OC(=O)N[C@H]1CCCC(=O)CC1. The Labute approximate surface area is 96.7 Å². The van der Waals surface area contributed by atoms with E-state index in [4.69, 9.17) is 4.74 Å². The van der Waals surface area contributed by atoms with Gasteiger partial charge in [-0.05, 0) is 40.0 Å². The van der Waals surface area contributed by atoms with Gasteiger partial charge in [-0.1, -0.05) is 0 Å². The molecule has 0 aromatic carbocycles. The van der Waals surface area contributed by atoms with Gasteiger partial charge in [0, 0.05) is 18.9 Å². The molecule has 92 valence electrons. The number of ether oxygens (including phenoxy) is 1. The molecule has 1 amide bonds. The predicted octanol–water partition coefficient (Wildman–Crippen LogP) is 2.41. The highest BCUT2D eigenvalue weighted by molar-refractivity contribution is 5.78. The van der Waals surface area contributed by atoms with Crippen molar-refractivity contribution in [2.75, 3.05) is 0 Å². The summed E-state index contributed by atoms with van der Waals surface area (Å²) < 4.78 is 5.17. The van der Waals surface area contributed by atoms with Crippen molar-refractivity contribution in [2.24, 2.45) is 0 Å². The Morgan fingerprint density at radius 1 is 1.31 bits per heavy atom. The fourth-order valence-corrected chi connectivity index (χ4v) is 1.77. The van der Waals surface area contributed by atoms with Crippen LogP contribution in [-0.4, -0.2) is 23.5 Å². The zero-order valence-electron chi connectivity index (χ0n) is 10.3. The minimum atomic E-state index is -0.468. The lowest BCUT2D eigenvalue weighted by Crippen LogP contribution is -2.38. The van der Waals surface area contributed by atoms with Crippen molar-refractivity contribution in [3.63, 3.8) is 0 Å². The van der Waals surface area contributed by atoms with Crippen molar-refractivity contribution in [1.82, 2.24) is 5.32 Å². The summed E-state index contributed by atoms with van der Waals surface area (Å²) in [7, 11) is 0. The number of nitrogens with one attached hydrogen (secondary N) is 1. The summed E-state index contributed by atoms with van der Waals surface area (Å²) in [5, 5.41) is 2.82. The summed E-state index contributed by atoms with van der Waals surface area (Å²) in [6, 6.07) is 0.0845. The first-order valence-electron chi connectivity index (χ1n) is 5.88. The van der Waals surface area contributed by atoms with Gasteiger partial charge < -0.3 is 10.1 Å². The van der Waals surface area contributed by atoms with Gasteiger partial charge in [0.15, 0.2) is 0 Å². The third-order valence-corrected chi connectivity index (χ3v) is 2.50. The molecule has 0 radical (unpaired) electrons. The highest BCUT2D eigenvalue weighted by Crippen LogP contribution is 2.15. The number of carbonyl (C=O) groups is 2. The normalized spacial score (nSPS) is 22.4. The quantitative estimate of drug-likeness (QED) is 0.700. The topological polar surface area (TPSA) is 55.4 Å². The molecule has 1 fully saturated rings. The third-order valence-electron chi connectivity index (χ3n) is 2.50. The molecule has 0 unspecified atom stereocenters. The summed E-state index contributed by atoms with van der Waals surface area (Å²) in [5.74, 6) is 0.300. The first kappa shape index (κ1) is 13.0. The summed E-state index contributed by atoms with van der Waals surface area (Å²) in [6.07, 6.45) is 3.29. The van der Waals surface area contributed by atoms with Gasteiger partial charge in [-0.15, -0.1) is 0 Å². The van der Waals surface area contributed by atoms with Crippen LogP contribution in [0, 0.1) is 0 Å². The fourth-order valence-electron chi connectivity index (χ4n) is 1.77. The number of Topliss-reactive ketones (excluding diaryl/α,β-unsaturated/α-hetero) is 1. The number of hydrogen-bond donors (Lipinski definition) is 1. The standard InChI is InChI=1S/C12H21NO3/c1-12(2,3)16-11(15)13-9-5-4-6-10(14)8-7-9/h9H,4-8H2,1-3H3,(H,13,15)/t9-/m0/s1. The zero-order chi connectivity index (χ0) is 12.2. The van der Waals surface area contributed by atoms with Crippen LogP contribution in [0.1, 0.15) is 52.9 Å². The Balaban J connectivity index is 2.36. The molecule has 4 nitrogen and oxygen atoms in total. The number of carbonyl (C=O) groups excluding carboxylic acids is 2. The monoisotopic (exact) mass is 227 g/mol. The fraction of sp³-hybridized carbons (Fsp3) is 0.833. The van der Waals surface area contributed by atoms with Crippen molar-refractivity contribution in [1.29, 1.82) is 0 Å². The van der Waals surface area contributed by atoms with E-state index >= 15 is 0 Å². The molecule has 1 aliphatic rings.